The summed E-state index contributed by atoms with van der Waals surface area (Å²) in [6.07, 6.45) is 0.377. The van der Waals surface area contributed by atoms with Crippen LogP contribution in [0.1, 0.15) is 29.7 Å². The van der Waals surface area contributed by atoms with Gasteiger partial charge in [0, 0.05) is 11.3 Å². The molecule has 2 aromatic rings. The summed E-state index contributed by atoms with van der Waals surface area (Å²) in [6.45, 7) is 1.89. The molecule has 3 atom stereocenters. The fraction of sp³-hybridized carbons (Fsp3) is 0.316. The lowest BCUT2D eigenvalue weighted by Gasteiger charge is -2.43. The van der Waals surface area contributed by atoms with Gasteiger partial charge < -0.3 is 5.11 Å². The Morgan fingerprint density at radius 2 is 1.92 bits per heavy atom. The smallest absolute Gasteiger partial charge is 0.327 e. The minimum atomic E-state index is -1.15. The molecule has 5 nitrogen and oxygen atoms in total. The zero-order valence-electron chi connectivity index (χ0n) is 14.1. The number of carboxylic acids is 1. The lowest BCUT2D eigenvalue weighted by atomic mass is 9.83. The Balaban J connectivity index is 1.70. The van der Waals surface area contributed by atoms with Gasteiger partial charge in [0.25, 0.3) is 0 Å². The van der Waals surface area contributed by atoms with Crippen molar-refractivity contribution in [1.82, 2.24) is 4.90 Å². The second-order valence-electron chi connectivity index (χ2n) is 6.42. The van der Waals surface area contributed by atoms with E-state index >= 15 is 0 Å². The Hall–Kier alpha value is -2.18. The van der Waals surface area contributed by atoms with E-state index in [2.05, 4.69) is 0 Å². The molecule has 1 aliphatic rings. The summed E-state index contributed by atoms with van der Waals surface area (Å²) < 4.78 is 0.586. The number of rotatable bonds is 6. The number of imide groups is 1. The highest BCUT2D eigenvalue weighted by Gasteiger charge is 2.54. The number of hydrogen-bond donors (Lipinski definition) is 1. The number of thiophene rings is 1. The van der Waals surface area contributed by atoms with Gasteiger partial charge >= 0.3 is 5.97 Å². The zero-order chi connectivity index (χ0) is 18.8. The van der Waals surface area contributed by atoms with Crippen molar-refractivity contribution in [3.8, 4) is 0 Å². The predicted molar refractivity (Wildman–Crippen MR) is 99.3 cm³/mol. The number of β-lactam (4-membered cyclic amide) rings is 1. The van der Waals surface area contributed by atoms with E-state index in [-0.39, 0.29) is 18.8 Å². The van der Waals surface area contributed by atoms with Gasteiger partial charge in [-0.05, 0) is 30.0 Å². The lowest BCUT2D eigenvalue weighted by Crippen LogP contribution is -2.66. The molecule has 1 aliphatic heterocycles. The van der Waals surface area contributed by atoms with E-state index in [1.807, 2.05) is 37.3 Å². The summed E-state index contributed by atoms with van der Waals surface area (Å²) in [7, 11) is 0. The molecule has 0 radical (unpaired) electrons. The van der Waals surface area contributed by atoms with Gasteiger partial charge in [-0.15, -0.1) is 11.3 Å². The van der Waals surface area contributed by atoms with Gasteiger partial charge in [-0.3, -0.25) is 14.5 Å². The number of nitrogens with zero attached hydrogens (tertiary/aromatic N) is 1. The Kier molecular flexibility index (Phi) is 5.44. The van der Waals surface area contributed by atoms with E-state index in [0.717, 1.165) is 15.3 Å². The molecule has 1 N–H and O–H groups in total. The molecule has 7 heteroatoms. The Morgan fingerprint density at radius 1 is 1.23 bits per heavy atom. The SMILES string of the molecule is C[C@@H](CC(=O)N1C(=O)[C@H](Cc2ccc(Cl)s2)[C@H]1C(=O)O)c1ccccc1. The first kappa shape index (κ1) is 18.6. The molecule has 2 heterocycles. The van der Waals surface area contributed by atoms with Crippen LogP contribution in [-0.4, -0.2) is 33.8 Å². The highest BCUT2D eigenvalue weighted by atomic mass is 35.5. The Bertz CT molecular complexity index is 835. The largest absolute Gasteiger partial charge is 0.480 e. The Labute approximate surface area is 160 Å². The number of hydrogen-bond acceptors (Lipinski definition) is 4. The number of carboxylic acid groups (broad SMARTS) is 1. The van der Waals surface area contributed by atoms with Gasteiger partial charge in [0.15, 0.2) is 0 Å². The number of halogens is 1. The predicted octanol–water partition coefficient (Wildman–Crippen LogP) is 3.58. The molecule has 3 rings (SSSR count). The van der Waals surface area contributed by atoms with Gasteiger partial charge in [-0.1, -0.05) is 48.9 Å². The van der Waals surface area contributed by atoms with E-state index in [0.29, 0.717) is 4.34 Å². The Morgan fingerprint density at radius 3 is 2.50 bits per heavy atom. The van der Waals surface area contributed by atoms with Crippen LogP contribution in [0.2, 0.25) is 4.34 Å². The maximum Gasteiger partial charge on any atom is 0.327 e. The summed E-state index contributed by atoms with van der Waals surface area (Å²) >= 11 is 7.20. The molecular formula is C19H18ClNO4S. The molecule has 26 heavy (non-hydrogen) atoms. The van der Waals surface area contributed by atoms with Crippen LogP contribution in [-0.2, 0) is 20.8 Å². The van der Waals surface area contributed by atoms with E-state index in [1.165, 1.54) is 11.3 Å². The van der Waals surface area contributed by atoms with Crippen LogP contribution >= 0.6 is 22.9 Å². The van der Waals surface area contributed by atoms with Crippen molar-refractivity contribution in [3.63, 3.8) is 0 Å². The van der Waals surface area contributed by atoms with Crippen LogP contribution in [0.3, 0.4) is 0 Å². The van der Waals surface area contributed by atoms with Crippen LogP contribution < -0.4 is 0 Å². The third-order valence-electron chi connectivity index (χ3n) is 4.64. The molecule has 0 unspecified atom stereocenters. The lowest BCUT2D eigenvalue weighted by molar-refractivity contribution is -0.177. The van der Waals surface area contributed by atoms with E-state index in [4.69, 9.17) is 11.6 Å². The first-order chi connectivity index (χ1) is 12.4. The van der Waals surface area contributed by atoms with Gasteiger partial charge in [0.1, 0.15) is 6.04 Å². The number of aliphatic carboxylic acids is 1. The molecule has 1 aromatic heterocycles. The van der Waals surface area contributed by atoms with Crippen LogP contribution in [0.5, 0.6) is 0 Å². The first-order valence-corrected chi connectivity index (χ1v) is 9.45. The quantitative estimate of drug-likeness (QED) is 0.764. The second kappa shape index (κ2) is 7.60. The third kappa shape index (κ3) is 3.66. The van der Waals surface area contributed by atoms with Gasteiger partial charge in [-0.2, -0.15) is 0 Å². The van der Waals surface area contributed by atoms with E-state index in [9.17, 15) is 19.5 Å². The first-order valence-electron chi connectivity index (χ1n) is 8.26. The summed E-state index contributed by atoms with van der Waals surface area (Å²) in [4.78, 5) is 38.4. The number of carbonyl (C=O) groups is 3. The molecule has 0 saturated carbocycles. The molecule has 1 saturated heterocycles. The van der Waals surface area contributed by atoms with Crippen molar-refractivity contribution in [3.05, 3.63) is 57.2 Å². The van der Waals surface area contributed by atoms with Crippen molar-refractivity contribution in [2.45, 2.75) is 31.7 Å². The summed E-state index contributed by atoms with van der Waals surface area (Å²) in [5.74, 6) is -2.84. The van der Waals surface area contributed by atoms with Gasteiger partial charge in [-0.25, -0.2) is 4.79 Å². The molecule has 0 aliphatic carbocycles. The summed E-state index contributed by atoms with van der Waals surface area (Å²) in [5.41, 5.74) is 0.977. The highest BCUT2D eigenvalue weighted by Crippen LogP contribution is 2.34. The fourth-order valence-electron chi connectivity index (χ4n) is 3.25. The molecule has 0 bridgehead atoms. The number of carbonyl (C=O) groups excluding carboxylic acids is 2. The van der Waals surface area contributed by atoms with E-state index in [1.54, 1.807) is 12.1 Å². The van der Waals surface area contributed by atoms with Crippen molar-refractivity contribution >= 4 is 40.7 Å². The summed E-state index contributed by atoms with van der Waals surface area (Å²) in [5, 5.41) is 9.51. The molecule has 136 valence electrons. The highest BCUT2D eigenvalue weighted by molar-refractivity contribution is 7.16. The van der Waals surface area contributed by atoms with Crippen molar-refractivity contribution in [2.75, 3.05) is 0 Å². The number of benzene rings is 1. The number of amides is 2. The van der Waals surface area contributed by atoms with Crippen molar-refractivity contribution in [2.24, 2.45) is 5.92 Å². The fourth-order valence-corrected chi connectivity index (χ4v) is 4.39. The topological polar surface area (TPSA) is 74.7 Å². The monoisotopic (exact) mass is 391 g/mol. The van der Waals surface area contributed by atoms with Gasteiger partial charge in [0.05, 0.1) is 10.3 Å². The molecule has 1 fully saturated rings. The van der Waals surface area contributed by atoms with Crippen molar-refractivity contribution in [1.29, 1.82) is 0 Å². The second-order valence-corrected chi connectivity index (χ2v) is 8.22. The van der Waals surface area contributed by atoms with Crippen LogP contribution in [0.25, 0.3) is 0 Å². The maximum absolute atomic E-state index is 12.6. The van der Waals surface area contributed by atoms with Crippen LogP contribution in [0, 0.1) is 5.92 Å². The minimum Gasteiger partial charge on any atom is -0.480 e. The standard InChI is InChI=1S/C19H18ClNO4S/c1-11(12-5-3-2-4-6-12)9-16(22)21-17(19(24)25)14(18(21)23)10-13-7-8-15(20)26-13/h2-8,11,14,17H,9-10H2,1H3,(H,24,25)/t11-,14+,17-/m0/s1. The summed E-state index contributed by atoms with van der Waals surface area (Å²) in [6, 6.07) is 11.9. The normalized spacial score (nSPS) is 20.5. The van der Waals surface area contributed by atoms with E-state index < -0.39 is 29.7 Å². The third-order valence-corrected chi connectivity index (χ3v) is 5.89. The molecule has 0 spiro atoms. The minimum absolute atomic E-state index is 0.0943. The molecular weight excluding hydrogens is 374 g/mol. The zero-order valence-corrected chi connectivity index (χ0v) is 15.7. The average molecular weight is 392 g/mol. The average Bonchev–Trinajstić information content (AvgIpc) is 3.02. The molecule has 1 aromatic carbocycles. The number of likely N-dealkylation sites (tertiary alicyclic amines) is 1. The van der Waals surface area contributed by atoms with Crippen LogP contribution in [0.4, 0.5) is 0 Å². The van der Waals surface area contributed by atoms with Crippen LogP contribution in [0.15, 0.2) is 42.5 Å². The maximum atomic E-state index is 12.6. The molecule has 2 amide bonds. The van der Waals surface area contributed by atoms with Crippen molar-refractivity contribution < 1.29 is 19.5 Å². The van der Waals surface area contributed by atoms with Gasteiger partial charge in [0.2, 0.25) is 11.8 Å².